The van der Waals surface area contributed by atoms with Crippen molar-refractivity contribution in [2.45, 2.75) is 13.0 Å². The van der Waals surface area contributed by atoms with Crippen molar-refractivity contribution in [3.63, 3.8) is 0 Å². The molecule has 1 rings (SSSR count). The van der Waals surface area contributed by atoms with Gasteiger partial charge in [0.1, 0.15) is 0 Å². The number of rotatable bonds is 10. The van der Waals surface area contributed by atoms with Crippen molar-refractivity contribution >= 4 is 5.96 Å². The highest BCUT2D eigenvalue weighted by molar-refractivity contribution is 5.79. The third-order valence-corrected chi connectivity index (χ3v) is 3.12. The van der Waals surface area contributed by atoms with Crippen molar-refractivity contribution in [3.05, 3.63) is 18.7 Å². The second kappa shape index (κ2) is 11.1. The van der Waals surface area contributed by atoms with Gasteiger partial charge >= 0.3 is 0 Å². The molecule has 0 radical (unpaired) electrons. The lowest BCUT2D eigenvalue weighted by Gasteiger charge is -2.18. The van der Waals surface area contributed by atoms with Crippen LogP contribution in [0.25, 0.3) is 0 Å². The lowest BCUT2D eigenvalue weighted by Crippen LogP contribution is -2.42. The Morgan fingerprint density at radius 2 is 2.14 bits per heavy atom. The highest BCUT2D eigenvalue weighted by atomic mass is 16.5. The number of nitrogens with zero attached hydrogens (tertiary/aromatic N) is 4. The second-order valence-corrected chi connectivity index (χ2v) is 4.88. The quantitative estimate of drug-likeness (QED) is 0.362. The van der Waals surface area contributed by atoms with E-state index in [0.717, 1.165) is 51.7 Å². The van der Waals surface area contributed by atoms with Gasteiger partial charge in [-0.2, -0.15) is 0 Å². The van der Waals surface area contributed by atoms with Crippen LogP contribution in [0.15, 0.2) is 23.7 Å². The summed E-state index contributed by atoms with van der Waals surface area (Å²) in [5.41, 5.74) is 0. The fourth-order valence-electron chi connectivity index (χ4n) is 1.90. The maximum atomic E-state index is 5.05. The Balaban J connectivity index is 2.08. The van der Waals surface area contributed by atoms with Gasteiger partial charge in [0, 0.05) is 65.9 Å². The highest BCUT2D eigenvalue weighted by Gasteiger charge is 2.00. The van der Waals surface area contributed by atoms with Crippen molar-refractivity contribution in [3.8, 4) is 0 Å². The lowest BCUT2D eigenvalue weighted by molar-refractivity contribution is 0.180. The number of hydrogen-bond acceptors (Lipinski definition) is 4. The Morgan fingerprint density at radius 3 is 2.81 bits per heavy atom. The second-order valence-electron chi connectivity index (χ2n) is 4.88. The number of aromatic nitrogens is 2. The average Bonchev–Trinajstić information content (AvgIpc) is 2.99. The van der Waals surface area contributed by atoms with Crippen molar-refractivity contribution in [2.24, 2.45) is 4.99 Å². The summed E-state index contributed by atoms with van der Waals surface area (Å²) in [7, 11) is 5.64. The molecule has 0 spiro atoms. The number of imidazole rings is 1. The molecule has 0 aliphatic heterocycles. The summed E-state index contributed by atoms with van der Waals surface area (Å²) >= 11 is 0. The van der Waals surface area contributed by atoms with Crippen LogP contribution in [-0.4, -0.2) is 74.4 Å². The minimum Gasteiger partial charge on any atom is -0.385 e. The van der Waals surface area contributed by atoms with Gasteiger partial charge in [0.05, 0.1) is 6.33 Å². The Labute approximate surface area is 127 Å². The fraction of sp³-hybridized carbons (Fsp3) is 0.714. The molecular formula is C14H28N6O. The van der Waals surface area contributed by atoms with E-state index in [0.29, 0.717) is 0 Å². The summed E-state index contributed by atoms with van der Waals surface area (Å²) in [5.74, 6) is 0.834. The molecule has 0 aliphatic rings. The Hall–Kier alpha value is -1.60. The molecule has 2 N–H and O–H groups in total. The van der Waals surface area contributed by atoms with Crippen molar-refractivity contribution in [1.82, 2.24) is 25.1 Å². The van der Waals surface area contributed by atoms with Crippen molar-refractivity contribution in [2.75, 3.05) is 54.0 Å². The molecule has 21 heavy (non-hydrogen) atoms. The number of methoxy groups -OCH3 is 1. The van der Waals surface area contributed by atoms with Crippen molar-refractivity contribution < 1.29 is 4.74 Å². The number of ether oxygens (including phenoxy) is 1. The van der Waals surface area contributed by atoms with Gasteiger partial charge in [-0.3, -0.25) is 4.99 Å². The summed E-state index contributed by atoms with van der Waals surface area (Å²) in [6.45, 7) is 5.40. The van der Waals surface area contributed by atoms with Crippen LogP contribution in [0.4, 0.5) is 0 Å². The summed E-state index contributed by atoms with van der Waals surface area (Å²) < 4.78 is 7.08. The molecule has 0 aliphatic carbocycles. The molecule has 0 aromatic carbocycles. The number of hydrogen-bond donors (Lipinski definition) is 2. The van der Waals surface area contributed by atoms with E-state index in [2.05, 4.69) is 32.6 Å². The zero-order chi connectivity index (χ0) is 15.3. The molecule has 0 bridgehead atoms. The monoisotopic (exact) mass is 296 g/mol. The van der Waals surface area contributed by atoms with Gasteiger partial charge in [-0.05, 0) is 13.5 Å². The standard InChI is InChI=1S/C14H28N6O/c1-15-14(18-7-11-20-10-5-16-13-20)17-6-9-19(2)8-4-12-21-3/h5,10,13H,4,6-9,11-12H2,1-3H3,(H2,15,17,18). The topological polar surface area (TPSA) is 66.7 Å². The van der Waals surface area contributed by atoms with Crippen LogP contribution in [0.1, 0.15) is 6.42 Å². The minimum absolute atomic E-state index is 0.815. The van der Waals surface area contributed by atoms with E-state index in [1.54, 1.807) is 20.4 Å². The maximum Gasteiger partial charge on any atom is 0.191 e. The maximum absolute atomic E-state index is 5.05. The number of guanidine groups is 1. The molecule has 7 nitrogen and oxygen atoms in total. The van der Waals surface area contributed by atoms with Crippen molar-refractivity contribution in [1.29, 1.82) is 0 Å². The van der Waals surface area contributed by atoms with Gasteiger partial charge in [0.25, 0.3) is 0 Å². The van der Waals surface area contributed by atoms with E-state index in [4.69, 9.17) is 4.74 Å². The lowest BCUT2D eigenvalue weighted by atomic mass is 10.4. The van der Waals surface area contributed by atoms with Crippen LogP contribution in [0.5, 0.6) is 0 Å². The van der Waals surface area contributed by atoms with E-state index in [1.165, 1.54) is 0 Å². The predicted molar refractivity (Wildman–Crippen MR) is 85.6 cm³/mol. The smallest absolute Gasteiger partial charge is 0.191 e. The van der Waals surface area contributed by atoms with Gasteiger partial charge in [-0.15, -0.1) is 0 Å². The molecule has 0 saturated carbocycles. The Bertz CT molecular complexity index is 379. The van der Waals surface area contributed by atoms with Crippen LogP contribution in [-0.2, 0) is 11.3 Å². The summed E-state index contributed by atoms with van der Waals surface area (Å²) in [4.78, 5) is 10.5. The third kappa shape index (κ3) is 8.31. The van der Waals surface area contributed by atoms with E-state index >= 15 is 0 Å². The summed E-state index contributed by atoms with van der Waals surface area (Å²) in [6.07, 6.45) is 6.61. The van der Waals surface area contributed by atoms with Crippen LogP contribution in [0.3, 0.4) is 0 Å². The molecular weight excluding hydrogens is 268 g/mol. The first-order valence-corrected chi connectivity index (χ1v) is 7.34. The average molecular weight is 296 g/mol. The highest BCUT2D eigenvalue weighted by Crippen LogP contribution is 1.87. The SMILES string of the molecule is CN=C(NCCN(C)CCCOC)NCCn1ccnc1. The molecule has 1 aromatic rings. The zero-order valence-electron chi connectivity index (χ0n) is 13.4. The van der Waals surface area contributed by atoms with E-state index in [9.17, 15) is 0 Å². The first-order chi connectivity index (χ1) is 10.3. The van der Waals surface area contributed by atoms with Gasteiger partial charge in [0.15, 0.2) is 5.96 Å². The van der Waals surface area contributed by atoms with Crippen LogP contribution in [0, 0.1) is 0 Å². The van der Waals surface area contributed by atoms with Gasteiger partial charge in [0.2, 0.25) is 0 Å². The molecule has 0 atom stereocenters. The molecule has 120 valence electrons. The number of aliphatic imine (C=N–C) groups is 1. The van der Waals surface area contributed by atoms with Gasteiger partial charge < -0.3 is 24.8 Å². The van der Waals surface area contributed by atoms with E-state index in [1.807, 2.05) is 17.1 Å². The molecule has 0 saturated heterocycles. The van der Waals surface area contributed by atoms with Crippen LogP contribution in [0.2, 0.25) is 0 Å². The Kier molecular flexibility index (Phi) is 9.23. The van der Waals surface area contributed by atoms with Crippen LogP contribution >= 0.6 is 0 Å². The van der Waals surface area contributed by atoms with Crippen LogP contribution < -0.4 is 10.6 Å². The molecule has 7 heteroatoms. The summed E-state index contributed by atoms with van der Waals surface area (Å²) in [6, 6.07) is 0. The fourth-order valence-corrected chi connectivity index (χ4v) is 1.90. The molecule has 1 aromatic heterocycles. The largest absolute Gasteiger partial charge is 0.385 e. The third-order valence-electron chi connectivity index (χ3n) is 3.12. The molecule has 1 heterocycles. The first-order valence-electron chi connectivity index (χ1n) is 7.34. The minimum atomic E-state index is 0.815. The predicted octanol–water partition coefficient (Wildman–Crippen LogP) is 0.0164. The number of nitrogens with one attached hydrogen (secondary N) is 2. The molecule has 0 fully saturated rings. The van der Waals surface area contributed by atoms with Gasteiger partial charge in [-0.1, -0.05) is 0 Å². The normalized spacial score (nSPS) is 11.9. The summed E-state index contributed by atoms with van der Waals surface area (Å²) in [5, 5.41) is 6.60. The molecule has 0 amide bonds. The van der Waals surface area contributed by atoms with E-state index < -0.39 is 0 Å². The molecule has 0 unspecified atom stereocenters. The number of likely N-dealkylation sites (N-methyl/N-ethyl adjacent to an activating group) is 1. The first kappa shape index (κ1) is 17.5. The van der Waals surface area contributed by atoms with E-state index in [-0.39, 0.29) is 0 Å². The van der Waals surface area contributed by atoms with Gasteiger partial charge in [-0.25, -0.2) is 4.98 Å². The Morgan fingerprint density at radius 1 is 1.33 bits per heavy atom. The zero-order valence-corrected chi connectivity index (χ0v) is 13.4.